The van der Waals surface area contributed by atoms with E-state index in [4.69, 9.17) is 4.74 Å². The van der Waals surface area contributed by atoms with Crippen LogP contribution in [-0.2, 0) is 29.0 Å². The summed E-state index contributed by atoms with van der Waals surface area (Å²) in [7, 11) is 1.60. The number of fused-ring (bicyclic) bond motifs is 1. The standard InChI is InChI=1S/C23H26FN3O2/c1-29-23-21-13-25-19(10-18(21)12-26-23)11-20(28)9-16-5-4-8-27(14-16)15-17-6-2-3-7-22(17)24/h2-3,6-7,10,13,16H,4-5,8-9,11-12,14-15H2,1H3/t16-/m0/s1. The van der Waals surface area contributed by atoms with Gasteiger partial charge in [-0.05, 0) is 43.0 Å². The Morgan fingerprint density at radius 3 is 3.03 bits per heavy atom. The number of likely N-dealkylation sites (tertiary alicyclic amines) is 1. The van der Waals surface area contributed by atoms with Gasteiger partial charge in [-0.25, -0.2) is 9.38 Å². The molecule has 6 heteroatoms. The highest BCUT2D eigenvalue weighted by molar-refractivity contribution is 5.97. The maximum atomic E-state index is 13.9. The van der Waals surface area contributed by atoms with Crippen molar-refractivity contribution in [3.63, 3.8) is 0 Å². The van der Waals surface area contributed by atoms with Crippen molar-refractivity contribution in [1.29, 1.82) is 0 Å². The summed E-state index contributed by atoms with van der Waals surface area (Å²) in [5.41, 5.74) is 3.49. The molecule has 0 saturated carbocycles. The lowest BCUT2D eigenvalue weighted by Gasteiger charge is -2.32. The second-order valence-electron chi connectivity index (χ2n) is 7.91. The summed E-state index contributed by atoms with van der Waals surface area (Å²) in [4.78, 5) is 23.7. The molecule has 1 aromatic heterocycles. The van der Waals surface area contributed by atoms with Crippen LogP contribution in [-0.4, -0.2) is 41.8 Å². The van der Waals surface area contributed by atoms with E-state index < -0.39 is 0 Å². The molecular weight excluding hydrogens is 369 g/mol. The van der Waals surface area contributed by atoms with Gasteiger partial charge >= 0.3 is 0 Å². The molecule has 1 saturated heterocycles. The number of benzene rings is 1. The van der Waals surface area contributed by atoms with Crippen LogP contribution in [0, 0.1) is 11.7 Å². The van der Waals surface area contributed by atoms with Crippen LogP contribution < -0.4 is 0 Å². The molecule has 3 heterocycles. The molecule has 1 fully saturated rings. The Morgan fingerprint density at radius 2 is 2.21 bits per heavy atom. The van der Waals surface area contributed by atoms with Gasteiger partial charge in [0.05, 0.1) is 19.2 Å². The molecule has 1 aromatic carbocycles. The largest absolute Gasteiger partial charge is 0.481 e. The van der Waals surface area contributed by atoms with Crippen molar-refractivity contribution in [3.05, 3.63) is 64.7 Å². The molecular formula is C23H26FN3O2. The number of piperidine rings is 1. The minimum atomic E-state index is -0.158. The predicted octanol–water partition coefficient (Wildman–Crippen LogP) is 3.54. The molecule has 2 aliphatic rings. The number of rotatable bonds is 6. The molecule has 0 bridgehead atoms. The zero-order chi connectivity index (χ0) is 20.2. The van der Waals surface area contributed by atoms with Gasteiger partial charge in [0.15, 0.2) is 0 Å². The third-order valence-electron chi connectivity index (χ3n) is 5.71. The molecule has 0 radical (unpaired) electrons. The van der Waals surface area contributed by atoms with Crippen LogP contribution in [0.15, 0.2) is 41.5 Å². The number of carbonyl (C=O) groups excluding carboxylic acids is 1. The molecule has 1 atom stereocenters. The fourth-order valence-electron chi connectivity index (χ4n) is 4.31. The van der Waals surface area contributed by atoms with E-state index in [1.54, 1.807) is 19.4 Å². The minimum absolute atomic E-state index is 0.158. The fraction of sp³-hybridized carbons (Fsp3) is 0.435. The third-order valence-corrected chi connectivity index (χ3v) is 5.71. The Kier molecular flexibility index (Phi) is 6.00. The minimum Gasteiger partial charge on any atom is -0.481 e. The van der Waals surface area contributed by atoms with Crippen molar-refractivity contribution >= 4 is 11.7 Å². The van der Waals surface area contributed by atoms with Crippen molar-refractivity contribution in [2.45, 2.75) is 38.8 Å². The van der Waals surface area contributed by atoms with Gasteiger partial charge in [0, 0.05) is 43.4 Å². The van der Waals surface area contributed by atoms with Crippen LogP contribution in [0.25, 0.3) is 0 Å². The van der Waals surface area contributed by atoms with Crippen molar-refractivity contribution in [3.8, 4) is 0 Å². The van der Waals surface area contributed by atoms with Crippen LogP contribution in [0.1, 0.15) is 41.6 Å². The second kappa shape index (κ2) is 8.82. The van der Waals surface area contributed by atoms with Crippen LogP contribution in [0.4, 0.5) is 4.39 Å². The zero-order valence-corrected chi connectivity index (χ0v) is 16.7. The maximum Gasteiger partial charge on any atom is 0.218 e. The van der Waals surface area contributed by atoms with E-state index in [1.807, 2.05) is 18.2 Å². The van der Waals surface area contributed by atoms with Gasteiger partial charge in [-0.3, -0.25) is 14.7 Å². The Hall–Kier alpha value is -2.60. The summed E-state index contributed by atoms with van der Waals surface area (Å²) >= 11 is 0. The Bertz CT molecular complexity index is 928. The number of ketones is 1. The first kappa shape index (κ1) is 19.7. The van der Waals surface area contributed by atoms with Gasteiger partial charge in [0.2, 0.25) is 5.90 Å². The second-order valence-corrected chi connectivity index (χ2v) is 7.91. The number of ether oxygens (including phenoxy) is 1. The number of nitrogens with zero attached hydrogens (tertiary/aromatic N) is 3. The van der Waals surface area contributed by atoms with Crippen molar-refractivity contribution in [2.75, 3.05) is 20.2 Å². The molecule has 152 valence electrons. The van der Waals surface area contributed by atoms with E-state index in [2.05, 4.69) is 14.9 Å². The van der Waals surface area contributed by atoms with Gasteiger partial charge in [-0.1, -0.05) is 18.2 Å². The quantitative estimate of drug-likeness (QED) is 0.751. The first-order valence-corrected chi connectivity index (χ1v) is 10.2. The van der Waals surface area contributed by atoms with Crippen LogP contribution in [0.2, 0.25) is 0 Å². The maximum absolute atomic E-state index is 13.9. The van der Waals surface area contributed by atoms with E-state index in [0.717, 1.165) is 48.3 Å². The SMILES string of the molecule is COC1=NCc2cc(CC(=O)C[C@@H]3CCCN(Cc4ccccc4F)C3)ncc21. The average molecular weight is 395 g/mol. The van der Waals surface area contributed by atoms with E-state index in [-0.39, 0.29) is 11.6 Å². The van der Waals surface area contributed by atoms with E-state index in [0.29, 0.717) is 37.7 Å². The van der Waals surface area contributed by atoms with E-state index in [9.17, 15) is 9.18 Å². The van der Waals surface area contributed by atoms with Gasteiger partial charge in [0.1, 0.15) is 11.6 Å². The number of hydrogen-bond acceptors (Lipinski definition) is 5. The normalized spacial score (nSPS) is 19.0. The number of halogens is 1. The van der Waals surface area contributed by atoms with Gasteiger partial charge in [-0.15, -0.1) is 0 Å². The molecule has 0 unspecified atom stereocenters. The molecule has 29 heavy (non-hydrogen) atoms. The topological polar surface area (TPSA) is 54.8 Å². The molecule has 2 aliphatic heterocycles. The van der Waals surface area contributed by atoms with Crippen molar-refractivity contribution < 1.29 is 13.9 Å². The molecule has 0 aliphatic carbocycles. The summed E-state index contributed by atoms with van der Waals surface area (Å²) in [5.74, 6) is 0.985. The first-order valence-electron chi connectivity index (χ1n) is 10.2. The van der Waals surface area contributed by atoms with Crippen LogP contribution in [0.5, 0.6) is 0 Å². The van der Waals surface area contributed by atoms with Crippen molar-refractivity contribution in [2.24, 2.45) is 10.9 Å². The lowest BCUT2D eigenvalue weighted by molar-refractivity contribution is -0.119. The summed E-state index contributed by atoms with van der Waals surface area (Å²) in [6.07, 6.45) is 4.73. The number of hydrogen-bond donors (Lipinski definition) is 0. The molecule has 5 nitrogen and oxygen atoms in total. The lowest BCUT2D eigenvalue weighted by Crippen LogP contribution is -2.36. The predicted molar refractivity (Wildman–Crippen MR) is 109 cm³/mol. The summed E-state index contributed by atoms with van der Waals surface area (Å²) in [5, 5.41) is 0. The highest BCUT2D eigenvalue weighted by Gasteiger charge is 2.24. The lowest BCUT2D eigenvalue weighted by atomic mass is 9.91. The van der Waals surface area contributed by atoms with Crippen LogP contribution in [0.3, 0.4) is 0 Å². The third kappa shape index (κ3) is 4.70. The Labute approximate surface area is 170 Å². The highest BCUT2D eigenvalue weighted by atomic mass is 19.1. The fourth-order valence-corrected chi connectivity index (χ4v) is 4.31. The number of pyridine rings is 1. The molecule has 4 rings (SSSR count). The number of aliphatic imine (C=N–C) groups is 1. The number of carbonyl (C=O) groups is 1. The van der Waals surface area contributed by atoms with Gasteiger partial charge < -0.3 is 4.74 Å². The smallest absolute Gasteiger partial charge is 0.218 e. The Morgan fingerprint density at radius 1 is 1.34 bits per heavy atom. The monoisotopic (exact) mass is 395 g/mol. The summed E-state index contributed by atoms with van der Waals surface area (Å²) < 4.78 is 19.2. The van der Waals surface area contributed by atoms with Crippen molar-refractivity contribution in [1.82, 2.24) is 9.88 Å². The molecule has 0 amide bonds. The molecule has 0 N–H and O–H groups in total. The van der Waals surface area contributed by atoms with Gasteiger partial charge in [0.25, 0.3) is 0 Å². The van der Waals surface area contributed by atoms with Crippen LogP contribution >= 0.6 is 0 Å². The number of aromatic nitrogens is 1. The highest BCUT2D eigenvalue weighted by Crippen LogP contribution is 2.24. The first-order chi connectivity index (χ1) is 14.1. The summed E-state index contributed by atoms with van der Waals surface area (Å²) in [6.45, 7) is 2.97. The number of methoxy groups -OCH3 is 1. The average Bonchev–Trinajstić information content (AvgIpc) is 3.12. The Balaban J connectivity index is 1.31. The molecule has 2 aromatic rings. The molecule has 0 spiro atoms. The van der Waals surface area contributed by atoms with E-state index in [1.165, 1.54) is 6.07 Å². The number of Topliss-reactive ketones (excluding diaryl/α,β-unsaturated/α-hetero) is 1. The van der Waals surface area contributed by atoms with Gasteiger partial charge in [-0.2, -0.15) is 0 Å². The zero-order valence-electron chi connectivity index (χ0n) is 16.7. The summed E-state index contributed by atoms with van der Waals surface area (Å²) in [6, 6.07) is 8.89. The van der Waals surface area contributed by atoms with E-state index >= 15 is 0 Å².